The smallest absolute Gasteiger partial charge is 0.318 e. The Morgan fingerprint density at radius 3 is 2.61 bits per heavy atom. The maximum absolute atomic E-state index is 13.6. The van der Waals surface area contributed by atoms with Crippen LogP contribution in [0.15, 0.2) is 0 Å². The Kier molecular flexibility index (Phi) is 5.97. The molecule has 2 saturated carbocycles. The monoisotopic (exact) mass is 490 g/mol. The maximum atomic E-state index is 13.6. The lowest BCUT2D eigenvalue weighted by atomic mass is 9.89. The first-order chi connectivity index (χ1) is 14.7. The van der Waals surface area contributed by atoms with E-state index in [9.17, 15) is 13.2 Å². The third-order valence-electron chi connectivity index (χ3n) is 7.39. The summed E-state index contributed by atoms with van der Waals surface area (Å²) >= 11 is 3.40. The lowest BCUT2D eigenvalue weighted by Crippen LogP contribution is -2.52. The topological polar surface area (TPSA) is 106 Å². The highest BCUT2D eigenvalue weighted by Crippen LogP contribution is 2.42. The molecular formula is C19H34N6O3S3. The van der Waals surface area contributed by atoms with Crippen molar-refractivity contribution in [3.05, 3.63) is 0 Å². The van der Waals surface area contributed by atoms with Crippen LogP contribution in [0.2, 0.25) is 0 Å². The molecule has 5 rings (SSSR count). The highest BCUT2D eigenvalue weighted by atomic mass is 32.2. The van der Waals surface area contributed by atoms with E-state index in [0.29, 0.717) is 42.7 Å². The van der Waals surface area contributed by atoms with Crippen molar-refractivity contribution in [1.82, 2.24) is 29.9 Å². The van der Waals surface area contributed by atoms with Crippen molar-refractivity contribution in [1.29, 1.82) is 0 Å². The van der Waals surface area contributed by atoms with Gasteiger partial charge in [0.2, 0.25) is 10.0 Å². The van der Waals surface area contributed by atoms with Crippen molar-refractivity contribution in [2.24, 2.45) is 0 Å². The normalized spacial score (nSPS) is 42.3. The molecule has 3 aliphatic heterocycles. The number of hydrogen-bond acceptors (Lipinski definition) is 8. The summed E-state index contributed by atoms with van der Waals surface area (Å²) in [6, 6.07) is 0.367. The average Bonchev–Trinajstić information content (AvgIpc) is 3.05. The van der Waals surface area contributed by atoms with Crippen LogP contribution in [0.3, 0.4) is 0 Å². The van der Waals surface area contributed by atoms with E-state index in [1.54, 1.807) is 0 Å². The van der Waals surface area contributed by atoms with Crippen LogP contribution < -0.4 is 20.1 Å². The van der Waals surface area contributed by atoms with Crippen LogP contribution in [-0.4, -0.2) is 82.5 Å². The maximum Gasteiger partial charge on any atom is 0.322 e. The first-order valence-electron chi connectivity index (χ1n) is 11.3. The number of carbonyl (C=O) groups is 1. The van der Waals surface area contributed by atoms with E-state index in [1.807, 2.05) is 28.5 Å². The molecule has 0 radical (unpaired) electrons. The first-order valence-corrected chi connectivity index (χ1v) is 14.7. The van der Waals surface area contributed by atoms with Crippen LogP contribution in [0.1, 0.15) is 52.9 Å². The summed E-state index contributed by atoms with van der Waals surface area (Å²) in [6.45, 7) is 7.66. The van der Waals surface area contributed by atoms with Crippen molar-refractivity contribution in [2.45, 2.75) is 97.9 Å². The van der Waals surface area contributed by atoms with Gasteiger partial charge in [0.25, 0.3) is 0 Å². The van der Waals surface area contributed by atoms with Crippen molar-refractivity contribution in [3.8, 4) is 0 Å². The van der Waals surface area contributed by atoms with Crippen molar-refractivity contribution >= 4 is 39.8 Å². The molecule has 2 aliphatic carbocycles. The summed E-state index contributed by atoms with van der Waals surface area (Å²) in [5, 5.41) is 7.18. The van der Waals surface area contributed by atoms with Crippen LogP contribution in [0.25, 0.3) is 0 Å². The summed E-state index contributed by atoms with van der Waals surface area (Å²) in [6.07, 6.45) is 3.65. The Morgan fingerprint density at radius 2 is 2.00 bits per heavy atom. The quantitative estimate of drug-likeness (QED) is 0.409. The van der Waals surface area contributed by atoms with Crippen LogP contribution >= 0.6 is 23.7 Å². The highest BCUT2D eigenvalue weighted by Gasteiger charge is 2.54. The highest BCUT2D eigenvalue weighted by molar-refractivity contribution is 8.00. The lowest BCUT2D eigenvalue weighted by molar-refractivity contribution is 0.175. The molecule has 9 nitrogen and oxygen atoms in total. The summed E-state index contributed by atoms with van der Waals surface area (Å²) in [4.78, 5) is 17.6. The van der Waals surface area contributed by atoms with E-state index in [4.69, 9.17) is 0 Å². The number of nitrogens with one attached hydrogen (secondary N) is 4. The van der Waals surface area contributed by atoms with E-state index in [0.717, 1.165) is 19.3 Å². The van der Waals surface area contributed by atoms with E-state index >= 15 is 0 Å². The van der Waals surface area contributed by atoms with Crippen LogP contribution in [-0.2, 0) is 10.0 Å². The van der Waals surface area contributed by atoms with Gasteiger partial charge in [0.1, 0.15) is 5.50 Å². The molecule has 3 saturated heterocycles. The minimum Gasteiger partial charge on any atom is -0.318 e. The standard InChI is InChI=1S/C19H34N6O3S3/c1-11-16(29-12(2)22-11)9-24-14-5-4-13(31(27,28)23-19(3)6-7-19)8-15(14)25(18(24)26)17-20-10-21-30-17/h11-17,20-23H,4-10H2,1-3H3. The zero-order chi connectivity index (χ0) is 22.0. The fourth-order valence-corrected chi connectivity index (χ4v) is 9.60. The molecule has 4 N–H and O–H groups in total. The summed E-state index contributed by atoms with van der Waals surface area (Å²) in [5.41, 5.74) is -0.426. The molecule has 12 heteroatoms. The Labute approximate surface area is 193 Å². The molecular weight excluding hydrogens is 456 g/mol. The number of urea groups is 1. The lowest BCUT2D eigenvalue weighted by Gasteiger charge is -2.37. The van der Waals surface area contributed by atoms with Crippen LogP contribution in [0.4, 0.5) is 4.79 Å². The number of hydrogen-bond donors (Lipinski definition) is 4. The molecule has 3 heterocycles. The number of thioether (sulfide) groups is 1. The van der Waals surface area contributed by atoms with Crippen molar-refractivity contribution in [3.63, 3.8) is 0 Å². The minimum absolute atomic E-state index is 0.0382. The SMILES string of the molecule is CC1NC(C)C(CN2C(=O)N(C3NCNS3)C3CC(S(=O)(=O)NC4(C)CC4)CCC32)S1. The fourth-order valence-electron chi connectivity index (χ4n) is 5.41. The second kappa shape index (κ2) is 8.21. The summed E-state index contributed by atoms with van der Waals surface area (Å²) in [5.74, 6) is 0. The Balaban J connectivity index is 1.36. The molecule has 5 fully saturated rings. The average molecular weight is 491 g/mol. The molecule has 0 aromatic carbocycles. The number of fused-ring (bicyclic) bond motifs is 1. The molecule has 176 valence electrons. The molecule has 2 amide bonds. The summed E-state index contributed by atoms with van der Waals surface area (Å²) in [7, 11) is -3.40. The molecule has 7 unspecified atom stereocenters. The zero-order valence-electron chi connectivity index (χ0n) is 18.3. The molecule has 7 atom stereocenters. The van der Waals surface area contributed by atoms with E-state index in [-0.39, 0.29) is 29.2 Å². The predicted molar refractivity (Wildman–Crippen MR) is 125 cm³/mol. The molecule has 0 bridgehead atoms. The Hall–Kier alpha value is -0.240. The molecule has 31 heavy (non-hydrogen) atoms. The van der Waals surface area contributed by atoms with E-state index < -0.39 is 15.3 Å². The van der Waals surface area contributed by atoms with Gasteiger partial charge in [-0.3, -0.25) is 10.2 Å². The van der Waals surface area contributed by atoms with Crippen LogP contribution in [0.5, 0.6) is 0 Å². The van der Waals surface area contributed by atoms with Gasteiger partial charge in [-0.2, -0.15) is 0 Å². The van der Waals surface area contributed by atoms with E-state index in [2.05, 4.69) is 33.9 Å². The zero-order valence-corrected chi connectivity index (χ0v) is 20.8. The fraction of sp³-hybridized carbons (Fsp3) is 0.947. The van der Waals surface area contributed by atoms with Gasteiger partial charge in [-0.05, 0) is 64.8 Å². The molecule has 5 aliphatic rings. The molecule has 0 aromatic rings. The number of sulfonamides is 1. The molecule has 0 aromatic heterocycles. The second-order valence-electron chi connectivity index (χ2n) is 9.89. The van der Waals surface area contributed by atoms with Gasteiger partial charge in [-0.1, -0.05) is 0 Å². The second-order valence-corrected chi connectivity index (χ2v) is 14.4. The van der Waals surface area contributed by atoms with Crippen molar-refractivity contribution in [2.75, 3.05) is 13.2 Å². The van der Waals surface area contributed by atoms with Gasteiger partial charge in [-0.25, -0.2) is 22.7 Å². The predicted octanol–water partition coefficient (Wildman–Crippen LogP) is 1.01. The number of carbonyl (C=O) groups excluding carboxylic acids is 1. The van der Waals surface area contributed by atoms with Gasteiger partial charge in [0, 0.05) is 23.4 Å². The first kappa shape index (κ1) is 22.5. The third-order valence-corrected chi connectivity index (χ3v) is 11.9. The molecule has 0 spiro atoms. The Morgan fingerprint density at radius 1 is 1.23 bits per heavy atom. The number of rotatable bonds is 6. The van der Waals surface area contributed by atoms with Gasteiger partial charge in [-0.15, -0.1) is 11.8 Å². The van der Waals surface area contributed by atoms with Gasteiger partial charge < -0.3 is 10.2 Å². The number of amides is 2. The minimum atomic E-state index is -3.40. The van der Waals surface area contributed by atoms with Gasteiger partial charge >= 0.3 is 6.03 Å². The van der Waals surface area contributed by atoms with E-state index in [1.165, 1.54) is 11.9 Å². The van der Waals surface area contributed by atoms with Crippen molar-refractivity contribution < 1.29 is 13.2 Å². The third kappa shape index (κ3) is 4.33. The Bertz CT molecular complexity index is 819. The largest absolute Gasteiger partial charge is 0.322 e. The van der Waals surface area contributed by atoms with Gasteiger partial charge in [0.05, 0.1) is 29.4 Å². The van der Waals surface area contributed by atoms with Gasteiger partial charge in [0.15, 0.2) is 0 Å². The van der Waals surface area contributed by atoms with Crippen LogP contribution in [0, 0.1) is 0 Å². The number of nitrogens with zero attached hydrogens (tertiary/aromatic N) is 2. The summed E-state index contributed by atoms with van der Waals surface area (Å²) < 4.78 is 32.3.